The van der Waals surface area contributed by atoms with Crippen molar-refractivity contribution in [1.82, 2.24) is 4.90 Å². The Kier molecular flexibility index (Phi) is 5.73. The van der Waals surface area contributed by atoms with E-state index in [-0.39, 0.29) is 23.8 Å². The Balaban J connectivity index is 1.43. The van der Waals surface area contributed by atoms with Crippen molar-refractivity contribution in [3.63, 3.8) is 0 Å². The predicted octanol–water partition coefficient (Wildman–Crippen LogP) is 5.55. The van der Waals surface area contributed by atoms with Gasteiger partial charge in [0.05, 0.1) is 0 Å². The molecule has 2 aliphatic rings. The van der Waals surface area contributed by atoms with E-state index in [1.54, 1.807) is 0 Å². The van der Waals surface area contributed by atoms with Crippen molar-refractivity contribution in [2.24, 2.45) is 0 Å². The average Bonchev–Trinajstić information content (AvgIpc) is 3.41. The highest BCUT2D eigenvalue weighted by molar-refractivity contribution is 7.99. The quantitative estimate of drug-likeness (QED) is 0.491. The molecule has 3 aromatic carbocycles. The van der Waals surface area contributed by atoms with E-state index in [1.807, 2.05) is 48.5 Å². The lowest BCUT2D eigenvalue weighted by atomic mass is 9.98. The zero-order chi connectivity index (χ0) is 24.0. The van der Waals surface area contributed by atoms with Crippen LogP contribution in [0.25, 0.3) is 11.1 Å². The molecule has 1 fully saturated rings. The number of hydrogen-bond donors (Lipinski definition) is 1. The molecule has 3 aromatic rings. The molecule has 34 heavy (non-hydrogen) atoms. The van der Waals surface area contributed by atoms with Gasteiger partial charge in [-0.25, -0.2) is 22.8 Å². The van der Waals surface area contributed by atoms with Gasteiger partial charge in [0.2, 0.25) is 0 Å². The van der Waals surface area contributed by atoms with E-state index in [0.29, 0.717) is 0 Å². The highest BCUT2D eigenvalue weighted by atomic mass is 32.2. The number of thioether (sulfide) groups is 1. The van der Waals surface area contributed by atoms with Crippen molar-refractivity contribution in [3.8, 4) is 11.1 Å². The van der Waals surface area contributed by atoms with Gasteiger partial charge in [0, 0.05) is 17.2 Å². The van der Waals surface area contributed by atoms with E-state index in [9.17, 15) is 27.9 Å². The molecule has 0 saturated carbocycles. The number of carbonyl (C=O) groups is 2. The summed E-state index contributed by atoms with van der Waals surface area (Å²) >= 11 is 0.947. The SMILES string of the molecule is O=C(O)[C@H]1CSC(c2ccc(F)c(F)c2F)N1C(=O)OCC1c2ccccc2-c2ccccc21. The largest absolute Gasteiger partial charge is 0.480 e. The first-order valence-electron chi connectivity index (χ1n) is 10.5. The third kappa shape index (κ3) is 3.60. The normalized spacial score (nSPS) is 19.1. The number of amides is 1. The Bertz CT molecular complexity index is 1260. The van der Waals surface area contributed by atoms with E-state index < -0.39 is 40.9 Å². The zero-order valence-corrected chi connectivity index (χ0v) is 18.4. The lowest BCUT2D eigenvalue weighted by molar-refractivity contribution is -0.141. The second-order valence-corrected chi connectivity index (χ2v) is 9.13. The van der Waals surface area contributed by atoms with Crippen LogP contribution in [0.3, 0.4) is 0 Å². The van der Waals surface area contributed by atoms with Gasteiger partial charge in [-0.1, -0.05) is 54.6 Å². The number of carbonyl (C=O) groups excluding carboxylic acids is 1. The van der Waals surface area contributed by atoms with Crippen molar-refractivity contribution >= 4 is 23.8 Å². The molecule has 1 unspecified atom stereocenters. The Labute approximate surface area is 197 Å². The average molecular weight is 485 g/mol. The maximum absolute atomic E-state index is 14.5. The Hall–Kier alpha value is -3.46. The number of aliphatic carboxylic acids is 1. The number of ether oxygens (including phenoxy) is 1. The molecule has 1 saturated heterocycles. The van der Waals surface area contributed by atoms with Gasteiger partial charge in [0.25, 0.3) is 0 Å². The number of halogens is 3. The number of rotatable bonds is 4. The number of carboxylic acid groups (broad SMARTS) is 1. The van der Waals surface area contributed by atoms with Crippen LogP contribution >= 0.6 is 11.8 Å². The number of nitrogens with zero attached hydrogens (tertiary/aromatic N) is 1. The molecule has 0 bridgehead atoms. The van der Waals surface area contributed by atoms with Crippen LogP contribution in [0.2, 0.25) is 0 Å². The molecule has 174 valence electrons. The summed E-state index contributed by atoms with van der Waals surface area (Å²) in [7, 11) is 0. The van der Waals surface area contributed by atoms with Crippen molar-refractivity contribution in [2.45, 2.75) is 17.3 Å². The summed E-state index contributed by atoms with van der Waals surface area (Å²) in [4.78, 5) is 25.8. The van der Waals surface area contributed by atoms with Gasteiger partial charge in [-0.05, 0) is 28.3 Å². The fourth-order valence-corrected chi connectivity index (χ4v) is 5.98. The van der Waals surface area contributed by atoms with Gasteiger partial charge < -0.3 is 9.84 Å². The summed E-state index contributed by atoms with van der Waals surface area (Å²) in [5.74, 6) is -6.11. The third-order valence-corrected chi connectivity index (χ3v) is 7.47. The molecule has 5 nitrogen and oxygen atoms in total. The third-order valence-electron chi connectivity index (χ3n) is 6.16. The van der Waals surface area contributed by atoms with E-state index in [0.717, 1.165) is 51.0 Å². The van der Waals surface area contributed by atoms with Crippen LogP contribution in [0, 0.1) is 17.5 Å². The summed E-state index contributed by atoms with van der Waals surface area (Å²) < 4.78 is 47.3. The maximum Gasteiger partial charge on any atom is 0.411 e. The topological polar surface area (TPSA) is 66.8 Å². The molecule has 1 aliphatic heterocycles. The van der Waals surface area contributed by atoms with Crippen molar-refractivity contribution in [1.29, 1.82) is 0 Å². The molecular weight excluding hydrogens is 467 g/mol. The second-order valence-electron chi connectivity index (χ2n) is 8.02. The van der Waals surface area contributed by atoms with Gasteiger partial charge in [-0.2, -0.15) is 0 Å². The van der Waals surface area contributed by atoms with Crippen molar-refractivity contribution < 1.29 is 32.6 Å². The molecule has 5 rings (SSSR count). The van der Waals surface area contributed by atoms with Crippen LogP contribution in [0.4, 0.5) is 18.0 Å². The first-order valence-corrected chi connectivity index (χ1v) is 11.5. The lowest BCUT2D eigenvalue weighted by Crippen LogP contribution is -2.43. The van der Waals surface area contributed by atoms with E-state index in [2.05, 4.69) is 0 Å². The molecule has 1 N–H and O–H groups in total. The molecule has 9 heteroatoms. The first kappa shape index (κ1) is 22.3. The minimum Gasteiger partial charge on any atom is -0.480 e. The van der Waals surface area contributed by atoms with Crippen LogP contribution in [0.1, 0.15) is 28.0 Å². The first-order chi connectivity index (χ1) is 16.4. The fourth-order valence-electron chi connectivity index (χ4n) is 4.56. The summed E-state index contributed by atoms with van der Waals surface area (Å²) in [5.41, 5.74) is 3.69. The molecule has 0 radical (unpaired) electrons. The number of carboxylic acids is 1. The highest BCUT2D eigenvalue weighted by Gasteiger charge is 2.45. The maximum atomic E-state index is 14.5. The fraction of sp³-hybridized carbons (Fsp3) is 0.200. The summed E-state index contributed by atoms with van der Waals surface area (Å²) in [6.45, 7) is -0.0622. The molecule has 0 spiro atoms. The van der Waals surface area contributed by atoms with Gasteiger partial charge in [-0.15, -0.1) is 11.8 Å². The second kappa shape index (κ2) is 8.72. The Morgan fingerprint density at radius 1 is 0.912 bits per heavy atom. The Morgan fingerprint density at radius 3 is 2.15 bits per heavy atom. The zero-order valence-electron chi connectivity index (χ0n) is 17.6. The van der Waals surface area contributed by atoms with E-state index in [1.165, 1.54) is 0 Å². The highest BCUT2D eigenvalue weighted by Crippen LogP contribution is 2.46. The van der Waals surface area contributed by atoms with Crippen molar-refractivity contribution in [3.05, 3.63) is 94.8 Å². The minimum absolute atomic E-state index is 0.0529. The summed E-state index contributed by atoms with van der Waals surface area (Å²) in [6.07, 6.45) is -0.964. The van der Waals surface area contributed by atoms with Crippen molar-refractivity contribution in [2.75, 3.05) is 12.4 Å². The number of benzene rings is 3. The molecule has 1 aliphatic carbocycles. The monoisotopic (exact) mass is 485 g/mol. The number of hydrogen-bond acceptors (Lipinski definition) is 4. The Morgan fingerprint density at radius 2 is 1.53 bits per heavy atom. The molecule has 2 atom stereocenters. The van der Waals surface area contributed by atoms with Crippen LogP contribution < -0.4 is 0 Å². The summed E-state index contributed by atoms with van der Waals surface area (Å²) in [5, 5.41) is 8.44. The molecule has 1 heterocycles. The standard InChI is InChI=1S/C25H18F3NO4S/c26-19-10-9-17(21(27)22(19)28)23-29(20(12-34-23)24(30)31)25(32)33-11-18-15-7-3-1-5-13(15)14-6-2-4-8-16(14)18/h1-10,18,20,23H,11-12H2,(H,30,31)/t20-,23?/m1/s1. The summed E-state index contributed by atoms with van der Waals surface area (Å²) in [6, 6.07) is 15.9. The van der Waals surface area contributed by atoms with Gasteiger partial charge in [0.15, 0.2) is 17.5 Å². The smallest absolute Gasteiger partial charge is 0.411 e. The molecular formula is C25H18F3NO4S. The molecule has 0 aromatic heterocycles. The number of fused-ring (bicyclic) bond motifs is 3. The van der Waals surface area contributed by atoms with Crippen LogP contribution in [0.15, 0.2) is 60.7 Å². The van der Waals surface area contributed by atoms with Gasteiger partial charge in [0.1, 0.15) is 18.0 Å². The van der Waals surface area contributed by atoms with Gasteiger partial charge >= 0.3 is 12.1 Å². The van der Waals surface area contributed by atoms with Gasteiger partial charge in [-0.3, -0.25) is 4.90 Å². The lowest BCUT2D eigenvalue weighted by Gasteiger charge is -2.28. The minimum atomic E-state index is -1.68. The molecule has 1 amide bonds. The van der Waals surface area contributed by atoms with E-state index in [4.69, 9.17) is 4.74 Å². The van der Waals surface area contributed by atoms with E-state index >= 15 is 0 Å². The van der Waals surface area contributed by atoms with Crippen LogP contribution in [0.5, 0.6) is 0 Å². The predicted molar refractivity (Wildman–Crippen MR) is 120 cm³/mol. The van der Waals surface area contributed by atoms with Crippen LogP contribution in [-0.4, -0.2) is 40.5 Å². The van der Waals surface area contributed by atoms with Crippen LogP contribution in [-0.2, 0) is 9.53 Å².